The van der Waals surface area contributed by atoms with Crippen molar-refractivity contribution in [3.05, 3.63) is 0 Å². The fraction of sp³-hybridized carbons (Fsp3) is 0.875. The van der Waals surface area contributed by atoms with Crippen molar-refractivity contribution in [1.82, 2.24) is 0 Å². The van der Waals surface area contributed by atoms with E-state index in [0.29, 0.717) is 6.42 Å². The highest BCUT2D eigenvalue weighted by atomic mass is 16.1. The highest BCUT2D eigenvalue weighted by Crippen LogP contribution is 2.28. The molecule has 1 amide bonds. The van der Waals surface area contributed by atoms with Gasteiger partial charge in [0.15, 0.2) is 0 Å². The summed E-state index contributed by atoms with van der Waals surface area (Å²) in [6.07, 6.45) is 2.55. The second-order valence-corrected chi connectivity index (χ2v) is 3.16. The Labute approximate surface area is 62.8 Å². The summed E-state index contributed by atoms with van der Waals surface area (Å²) in [5, 5.41) is 0. The van der Waals surface area contributed by atoms with Crippen molar-refractivity contribution >= 4 is 5.91 Å². The monoisotopic (exact) mass is 143 g/mol. The van der Waals surface area contributed by atoms with E-state index in [2.05, 4.69) is 20.8 Å². The molecule has 2 heteroatoms. The molecule has 0 spiro atoms. The molecule has 0 saturated carbocycles. The van der Waals surface area contributed by atoms with Crippen molar-refractivity contribution in [2.75, 3.05) is 0 Å². The summed E-state index contributed by atoms with van der Waals surface area (Å²) in [5.74, 6) is -0.189. The van der Waals surface area contributed by atoms with Crippen molar-refractivity contribution in [3.63, 3.8) is 0 Å². The maximum atomic E-state index is 10.6. The second kappa shape index (κ2) is 3.59. The summed E-state index contributed by atoms with van der Waals surface area (Å²) in [5.41, 5.74) is 5.22. The van der Waals surface area contributed by atoms with Gasteiger partial charge in [-0.15, -0.1) is 0 Å². The molecule has 0 bridgehead atoms. The molecule has 0 atom stereocenters. The van der Waals surface area contributed by atoms with Crippen molar-refractivity contribution in [2.24, 2.45) is 11.1 Å². The van der Waals surface area contributed by atoms with Crippen LogP contribution in [0.15, 0.2) is 0 Å². The molecule has 60 valence electrons. The first-order valence-corrected chi connectivity index (χ1v) is 3.82. The van der Waals surface area contributed by atoms with Gasteiger partial charge in [0.1, 0.15) is 0 Å². The van der Waals surface area contributed by atoms with E-state index in [-0.39, 0.29) is 11.3 Å². The fourth-order valence-corrected chi connectivity index (χ4v) is 0.921. The number of carbonyl (C=O) groups excluding carboxylic acids is 1. The van der Waals surface area contributed by atoms with Gasteiger partial charge in [0, 0.05) is 6.42 Å². The molecule has 0 rings (SSSR count). The minimum atomic E-state index is -0.189. The van der Waals surface area contributed by atoms with Crippen LogP contribution < -0.4 is 5.73 Å². The van der Waals surface area contributed by atoms with Crippen molar-refractivity contribution < 1.29 is 4.79 Å². The first-order chi connectivity index (χ1) is 4.54. The van der Waals surface area contributed by atoms with Gasteiger partial charge in [-0.25, -0.2) is 0 Å². The molecule has 2 N–H and O–H groups in total. The maximum Gasteiger partial charge on any atom is 0.217 e. The number of carbonyl (C=O) groups is 1. The van der Waals surface area contributed by atoms with Gasteiger partial charge in [0.2, 0.25) is 5.91 Å². The Morgan fingerprint density at radius 3 is 1.90 bits per heavy atom. The van der Waals surface area contributed by atoms with Gasteiger partial charge in [-0.05, 0) is 5.41 Å². The Morgan fingerprint density at radius 2 is 1.80 bits per heavy atom. The molecule has 0 aromatic carbocycles. The molecule has 0 aliphatic rings. The molecular weight excluding hydrogens is 126 g/mol. The zero-order valence-corrected chi connectivity index (χ0v) is 7.11. The van der Waals surface area contributed by atoms with Gasteiger partial charge in [0.05, 0.1) is 0 Å². The third kappa shape index (κ3) is 2.85. The summed E-state index contributed by atoms with van der Waals surface area (Å²) in [7, 11) is 0. The van der Waals surface area contributed by atoms with Crippen molar-refractivity contribution in [2.45, 2.75) is 40.0 Å². The van der Waals surface area contributed by atoms with Gasteiger partial charge in [0.25, 0.3) is 0 Å². The molecular formula is C8H17NO. The molecule has 0 aromatic rings. The molecule has 10 heavy (non-hydrogen) atoms. The third-order valence-electron chi connectivity index (χ3n) is 2.31. The Hall–Kier alpha value is -0.530. The van der Waals surface area contributed by atoms with Gasteiger partial charge >= 0.3 is 0 Å². The number of hydrogen-bond acceptors (Lipinski definition) is 1. The summed E-state index contributed by atoms with van der Waals surface area (Å²) >= 11 is 0. The number of rotatable bonds is 4. The smallest absolute Gasteiger partial charge is 0.217 e. The average molecular weight is 143 g/mol. The molecule has 0 aliphatic carbocycles. The first kappa shape index (κ1) is 9.47. The van der Waals surface area contributed by atoms with E-state index < -0.39 is 0 Å². The fourth-order valence-electron chi connectivity index (χ4n) is 0.921. The largest absolute Gasteiger partial charge is 0.370 e. The predicted molar refractivity (Wildman–Crippen MR) is 42.5 cm³/mol. The average Bonchev–Trinajstić information content (AvgIpc) is 1.87. The maximum absolute atomic E-state index is 10.6. The molecule has 0 unspecified atom stereocenters. The summed E-state index contributed by atoms with van der Waals surface area (Å²) < 4.78 is 0. The van der Waals surface area contributed by atoms with Gasteiger partial charge in [-0.2, -0.15) is 0 Å². The molecule has 0 saturated heterocycles. The summed E-state index contributed by atoms with van der Waals surface area (Å²) in [6.45, 7) is 6.27. The lowest BCUT2D eigenvalue weighted by atomic mass is 9.81. The lowest BCUT2D eigenvalue weighted by Crippen LogP contribution is -2.23. The predicted octanol–water partition coefficient (Wildman–Crippen LogP) is 1.69. The highest BCUT2D eigenvalue weighted by Gasteiger charge is 2.21. The van der Waals surface area contributed by atoms with Crippen LogP contribution in [-0.2, 0) is 4.79 Å². The molecule has 0 radical (unpaired) electrons. The highest BCUT2D eigenvalue weighted by molar-refractivity contribution is 5.74. The second-order valence-electron chi connectivity index (χ2n) is 3.16. The topological polar surface area (TPSA) is 43.1 Å². The first-order valence-electron chi connectivity index (χ1n) is 3.82. The Kier molecular flexibility index (Phi) is 3.40. The Bertz CT molecular complexity index is 116. The van der Waals surface area contributed by atoms with Gasteiger partial charge in [-0.1, -0.05) is 33.6 Å². The van der Waals surface area contributed by atoms with E-state index >= 15 is 0 Å². The van der Waals surface area contributed by atoms with Crippen molar-refractivity contribution in [1.29, 1.82) is 0 Å². The number of nitrogens with two attached hydrogens (primary N) is 1. The van der Waals surface area contributed by atoms with E-state index in [0.717, 1.165) is 12.8 Å². The van der Waals surface area contributed by atoms with Crippen molar-refractivity contribution in [3.8, 4) is 0 Å². The van der Waals surface area contributed by atoms with E-state index in [1.807, 2.05) is 0 Å². The van der Waals surface area contributed by atoms with E-state index in [1.165, 1.54) is 0 Å². The standard InChI is InChI=1S/C8H17NO/c1-4-8(3,5-2)6-7(9)10/h4-6H2,1-3H3,(H2,9,10). The number of primary amides is 1. The van der Waals surface area contributed by atoms with E-state index in [1.54, 1.807) is 0 Å². The van der Waals surface area contributed by atoms with Crippen LogP contribution in [0.1, 0.15) is 40.0 Å². The lowest BCUT2D eigenvalue weighted by molar-refractivity contribution is -0.120. The lowest BCUT2D eigenvalue weighted by Gasteiger charge is -2.24. The Balaban J connectivity index is 3.92. The Morgan fingerprint density at radius 1 is 1.40 bits per heavy atom. The van der Waals surface area contributed by atoms with Crippen LogP contribution in [0, 0.1) is 5.41 Å². The minimum Gasteiger partial charge on any atom is -0.370 e. The molecule has 0 aromatic heterocycles. The van der Waals surface area contributed by atoms with Crippen LogP contribution >= 0.6 is 0 Å². The van der Waals surface area contributed by atoms with Crippen LogP contribution in [0.5, 0.6) is 0 Å². The molecule has 0 aliphatic heterocycles. The summed E-state index contributed by atoms with van der Waals surface area (Å²) in [4.78, 5) is 10.6. The summed E-state index contributed by atoms with van der Waals surface area (Å²) in [6, 6.07) is 0. The zero-order valence-electron chi connectivity index (χ0n) is 7.11. The quantitative estimate of drug-likeness (QED) is 0.639. The minimum absolute atomic E-state index is 0.131. The van der Waals surface area contributed by atoms with Gasteiger partial charge in [-0.3, -0.25) is 4.79 Å². The van der Waals surface area contributed by atoms with Crippen LogP contribution in [0.2, 0.25) is 0 Å². The van der Waals surface area contributed by atoms with Crippen LogP contribution in [-0.4, -0.2) is 5.91 Å². The molecule has 0 heterocycles. The van der Waals surface area contributed by atoms with Crippen LogP contribution in [0.25, 0.3) is 0 Å². The van der Waals surface area contributed by atoms with Crippen LogP contribution in [0.4, 0.5) is 0 Å². The number of hydrogen-bond donors (Lipinski definition) is 1. The number of amides is 1. The van der Waals surface area contributed by atoms with E-state index in [9.17, 15) is 4.79 Å². The normalized spacial score (nSPS) is 11.5. The third-order valence-corrected chi connectivity index (χ3v) is 2.31. The van der Waals surface area contributed by atoms with Gasteiger partial charge < -0.3 is 5.73 Å². The van der Waals surface area contributed by atoms with E-state index in [4.69, 9.17) is 5.73 Å². The SMILES string of the molecule is CCC(C)(CC)CC(N)=O. The van der Waals surface area contributed by atoms with Crippen LogP contribution in [0.3, 0.4) is 0 Å². The zero-order chi connectivity index (χ0) is 8.20. The molecule has 0 fully saturated rings. The molecule has 2 nitrogen and oxygen atoms in total.